The zero-order chi connectivity index (χ0) is 25.5. The van der Waals surface area contributed by atoms with Crippen molar-refractivity contribution >= 4 is 34.9 Å². The van der Waals surface area contributed by atoms with E-state index in [0.717, 1.165) is 11.1 Å². The van der Waals surface area contributed by atoms with Crippen molar-refractivity contribution in [2.45, 2.75) is 26.9 Å². The minimum Gasteiger partial charge on any atom is -0.506 e. The molecule has 9 heteroatoms. The second-order valence-electron chi connectivity index (χ2n) is 7.82. The Labute approximate surface area is 208 Å². The Morgan fingerprint density at radius 1 is 1.03 bits per heavy atom. The van der Waals surface area contributed by atoms with E-state index in [1.165, 1.54) is 19.2 Å². The number of ether oxygens (including phenoxy) is 3. The van der Waals surface area contributed by atoms with Gasteiger partial charge in [-0.15, -0.1) is 0 Å². The third kappa shape index (κ3) is 6.58. The van der Waals surface area contributed by atoms with Gasteiger partial charge in [-0.05, 0) is 50.6 Å². The normalized spacial score (nSPS) is 11.3. The van der Waals surface area contributed by atoms with Gasteiger partial charge in [0.15, 0.2) is 12.8 Å². The molecule has 3 rings (SSSR count). The maximum atomic E-state index is 12.6. The van der Waals surface area contributed by atoms with E-state index in [1.54, 1.807) is 31.2 Å². The Hall–Kier alpha value is -3.91. The van der Waals surface area contributed by atoms with Crippen molar-refractivity contribution in [3.8, 4) is 17.2 Å². The van der Waals surface area contributed by atoms with Crippen LogP contribution in [-0.2, 0) is 9.53 Å². The predicted molar refractivity (Wildman–Crippen MR) is 135 cm³/mol. The number of rotatable bonds is 9. The number of hydrogen-bond acceptors (Lipinski definition) is 7. The fraction of sp³-hybridized carbons (Fsp3) is 0.231. The monoisotopic (exact) mass is 498 g/mol. The maximum Gasteiger partial charge on any atom is 0.341 e. The smallest absolute Gasteiger partial charge is 0.341 e. The Bertz CT molecular complexity index is 1230. The molecule has 0 bridgehead atoms. The summed E-state index contributed by atoms with van der Waals surface area (Å²) in [5.41, 5.74) is 2.80. The highest BCUT2D eigenvalue weighted by Crippen LogP contribution is 2.34. The number of aromatic hydroxyl groups is 1. The van der Waals surface area contributed by atoms with Gasteiger partial charge < -0.3 is 30.0 Å². The Kier molecular flexibility index (Phi) is 8.43. The highest BCUT2D eigenvalue weighted by molar-refractivity contribution is 6.34. The summed E-state index contributed by atoms with van der Waals surface area (Å²) in [6.45, 7) is 5.45. The summed E-state index contributed by atoms with van der Waals surface area (Å²) in [6.07, 6.45) is -0.796. The summed E-state index contributed by atoms with van der Waals surface area (Å²) in [5.74, 6) is -0.172. The first-order chi connectivity index (χ1) is 16.7. The quantitative estimate of drug-likeness (QED) is 0.209. The van der Waals surface area contributed by atoms with Crippen molar-refractivity contribution in [3.63, 3.8) is 0 Å². The molecule has 184 valence electrons. The van der Waals surface area contributed by atoms with E-state index >= 15 is 0 Å². The van der Waals surface area contributed by atoms with Crippen LogP contribution in [0.3, 0.4) is 0 Å². The summed E-state index contributed by atoms with van der Waals surface area (Å²) in [4.78, 5) is 24.5. The van der Waals surface area contributed by atoms with Gasteiger partial charge >= 0.3 is 5.97 Å². The molecule has 0 saturated carbocycles. The van der Waals surface area contributed by atoms with E-state index in [4.69, 9.17) is 25.8 Å². The molecule has 0 fully saturated rings. The number of phenols is 1. The summed E-state index contributed by atoms with van der Waals surface area (Å²) in [7, 11) is 1.29. The number of halogens is 1. The van der Waals surface area contributed by atoms with E-state index in [1.807, 2.05) is 32.0 Å². The lowest BCUT2D eigenvalue weighted by atomic mass is 10.1. The number of methoxy groups -OCH3 is 1. The molecule has 35 heavy (non-hydrogen) atoms. The first-order valence-corrected chi connectivity index (χ1v) is 11.2. The number of carbonyl (C=O) groups excluding carboxylic acids is 2. The van der Waals surface area contributed by atoms with Gasteiger partial charge in [-0.2, -0.15) is 0 Å². The van der Waals surface area contributed by atoms with Crippen LogP contribution < -0.4 is 20.1 Å². The molecular weight excluding hydrogens is 472 g/mol. The van der Waals surface area contributed by atoms with Gasteiger partial charge in [-0.1, -0.05) is 41.4 Å². The molecule has 3 aromatic carbocycles. The van der Waals surface area contributed by atoms with Crippen LogP contribution in [0, 0.1) is 13.8 Å². The molecule has 0 aliphatic rings. The molecule has 0 heterocycles. The van der Waals surface area contributed by atoms with Crippen LogP contribution in [-0.4, -0.2) is 36.9 Å². The minimum absolute atomic E-state index is 0.0651. The van der Waals surface area contributed by atoms with Crippen LogP contribution in [0.2, 0.25) is 5.02 Å². The second-order valence-corrected chi connectivity index (χ2v) is 8.23. The molecule has 1 unspecified atom stereocenters. The molecule has 3 aromatic rings. The summed E-state index contributed by atoms with van der Waals surface area (Å²) in [6, 6.07) is 15.1. The highest BCUT2D eigenvalue weighted by Gasteiger charge is 2.19. The van der Waals surface area contributed by atoms with Gasteiger partial charge in [0.2, 0.25) is 0 Å². The van der Waals surface area contributed by atoms with Gasteiger partial charge in [0, 0.05) is 6.07 Å². The topological polar surface area (TPSA) is 106 Å². The van der Waals surface area contributed by atoms with Gasteiger partial charge in [-0.3, -0.25) is 4.79 Å². The standard InChI is InChI=1S/C26H27ClN2O6/c1-15-9-10-23(16(2)11-15)35-17(3)25(31)29-20-13-22(30)21(12-19(20)27)28-14-34-24-8-6-5-7-18(24)26(32)33-4/h5-13,17,28,30H,14H2,1-4H3,(H,29,31). The summed E-state index contributed by atoms with van der Waals surface area (Å²) < 4.78 is 16.1. The second kappa shape index (κ2) is 11.5. The third-order valence-corrected chi connectivity index (χ3v) is 5.44. The number of carbonyl (C=O) groups is 2. The first-order valence-electron chi connectivity index (χ1n) is 10.8. The summed E-state index contributed by atoms with van der Waals surface area (Å²) in [5, 5.41) is 16.2. The number of aryl methyl sites for hydroxylation is 2. The van der Waals surface area contributed by atoms with Crippen LogP contribution in [0.25, 0.3) is 0 Å². The van der Waals surface area contributed by atoms with Gasteiger partial charge in [0.25, 0.3) is 5.91 Å². The van der Waals surface area contributed by atoms with Crippen LogP contribution in [0.15, 0.2) is 54.6 Å². The number of para-hydroxylation sites is 1. The largest absolute Gasteiger partial charge is 0.506 e. The minimum atomic E-state index is -0.796. The lowest BCUT2D eigenvalue weighted by Crippen LogP contribution is -2.30. The van der Waals surface area contributed by atoms with E-state index in [-0.39, 0.29) is 34.4 Å². The van der Waals surface area contributed by atoms with Gasteiger partial charge in [0.1, 0.15) is 22.8 Å². The SMILES string of the molecule is COC(=O)c1ccccc1OCNc1cc(Cl)c(NC(=O)C(C)Oc2ccc(C)cc2C)cc1O. The molecular formula is C26H27ClN2O6. The van der Waals surface area contributed by atoms with Crippen molar-refractivity contribution in [1.82, 2.24) is 0 Å². The van der Waals surface area contributed by atoms with Crippen LogP contribution in [0.1, 0.15) is 28.4 Å². The molecule has 8 nitrogen and oxygen atoms in total. The van der Waals surface area contributed by atoms with Crippen molar-refractivity contribution in [2.75, 3.05) is 24.5 Å². The highest BCUT2D eigenvalue weighted by atomic mass is 35.5. The molecule has 0 saturated heterocycles. The van der Waals surface area contributed by atoms with E-state index in [9.17, 15) is 14.7 Å². The fourth-order valence-electron chi connectivity index (χ4n) is 3.27. The van der Waals surface area contributed by atoms with Crippen molar-refractivity contribution in [1.29, 1.82) is 0 Å². The lowest BCUT2D eigenvalue weighted by Gasteiger charge is -2.18. The van der Waals surface area contributed by atoms with Gasteiger partial charge in [-0.25, -0.2) is 4.79 Å². The zero-order valence-corrected chi connectivity index (χ0v) is 20.6. The average molecular weight is 499 g/mol. The predicted octanol–water partition coefficient (Wildman–Crippen LogP) is 5.30. The average Bonchev–Trinajstić information content (AvgIpc) is 2.83. The number of esters is 1. The molecule has 0 aromatic heterocycles. The molecule has 0 aliphatic heterocycles. The van der Waals surface area contributed by atoms with Crippen LogP contribution in [0.4, 0.5) is 11.4 Å². The number of anilines is 2. The number of phenolic OH excluding ortho intramolecular Hbond substituents is 1. The van der Waals surface area contributed by atoms with E-state index in [0.29, 0.717) is 11.5 Å². The lowest BCUT2D eigenvalue weighted by molar-refractivity contribution is -0.122. The fourth-order valence-corrected chi connectivity index (χ4v) is 3.48. The zero-order valence-electron chi connectivity index (χ0n) is 19.8. The van der Waals surface area contributed by atoms with E-state index in [2.05, 4.69) is 10.6 Å². The first kappa shape index (κ1) is 25.7. The maximum absolute atomic E-state index is 12.6. The van der Waals surface area contributed by atoms with E-state index < -0.39 is 18.0 Å². The number of nitrogens with one attached hydrogen (secondary N) is 2. The van der Waals surface area contributed by atoms with Gasteiger partial charge in [0.05, 0.1) is 23.5 Å². The van der Waals surface area contributed by atoms with Crippen molar-refractivity contribution < 1.29 is 28.9 Å². The molecule has 1 atom stereocenters. The van der Waals surface area contributed by atoms with Crippen molar-refractivity contribution in [3.05, 3.63) is 76.3 Å². The van der Waals surface area contributed by atoms with Crippen LogP contribution >= 0.6 is 11.6 Å². The Morgan fingerprint density at radius 3 is 2.49 bits per heavy atom. The van der Waals surface area contributed by atoms with Crippen LogP contribution in [0.5, 0.6) is 17.2 Å². The summed E-state index contributed by atoms with van der Waals surface area (Å²) >= 11 is 6.33. The molecule has 3 N–H and O–H groups in total. The molecule has 0 radical (unpaired) electrons. The molecule has 1 amide bonds. The Balaban J connectivity index is 1.62. The third-order valence-electron chi connectivity index (χ3n) is 5.13. The van der Waals surface area contributed by atoms with Crippen molar-refractivity contribution in [2.24, 2.45) is 0 Å². The number of benzene rings is 3. The molecule has 0 spiro atoms. The Morgan fingerprint density at radius 2 is 1.77 bits per heavy atom. The number of amides is 1. The number of hydrogen-bond donors (Lipinski definition) is 3. The molecule has 0 aliphatic carbocycles.